The smallest absolute Gasteiger partial charge is 0.116 e. The van der Waals surface area contributed by atoms with Crippen molar-refractivity contribution >= 4 is 11.3 Å². The summed E-state index contributed by atoms with van der Waals surface area (Å²) in [4.78, 5) is 9.29. The molecule has 4 heteroatoms. The van der Waals surface area contributed by atoms with Crippen molar-refractivity contribution in [3.05, 3.63) is 35.6 Å². The number of thiophene rings is 1. The van der Waals surface area contributed by atoms with Gasteiger partial charge >= 0.3 is 0 Å². The number of nitrogens with zero attached hydrogens (tertiary/aromatic N) is 2. The Bertz CT molecular complexity index is 384. The first-order valence-corrected chi connectivity index (χ1v) is 4.82. The lowest BCUT2D eigenvalue weighted by atomic mass is 10.2. The van der Waals surface area contributed by atoms with Gasteiger partial charge in [0.15, 0.2) is 0 Å². The molecule has 3 nitrogen and oxygen atoms in total. The van der Waals surface area contributed by atoms with Crippen LogP contribution in [-0.2, 0) is 6.54 Å². The van der Waals surface area contributed by atoms with Crippen LogP contribution in [0.15, 0.2) is 30.0 Å². The maximum Gasteiger partial charge on any atom is 0.116 e. The average molecular weight is 191 g/mol. The van der Waals surface area contributed by atoms with Gasteiger partial charge < -0.3 is 5.73 Å². The van der Waals surface area contributed by atoms with Gasteiger partial charge in [0.05, 0.1) is 10.6 Å². The molecule has 0 aromatic carbocycles. The third-order valence-electron chi connectivity index (χ3n) is 1.76. The summed E-state index contributed by atoms with van der Waals surface area (Å²) < 4.78 is 0. The lowest BCUT2D eigenvalue weighted by Crippen LogP contribution is -2.00. The molecule has 0 radical (unpaired) electrons. The van der Waals surface area contributed by atoms with E-state index in [4.69, 9.17) is 5.73 Å². The van der Waals surface area contributed by atoms with E-state index in [-0.39, 0.29) is 0 Å². The first-order chi connectivity index (χ1) is 6.42. The second kappa shape index (κ2) is 3.64. The highest BCUT2D eigenvalue weighted by Gasteiger charge is 2.05. The Labute approximate surface area is 80.3 Å². The van der Waals surface area contributed by atoms with Crippen molar-refractivity contribution in [3.63, 3.8) is 0 Å². The number of hydrogen-bond donors (Lipinski definition) is 1. The summed E-state index contributed by atoms with van der Waals surface area (Å²) in [7, 11) is 0. The van der Waals surface area contributed by atoms with Crippen molar-refractivity contribution in [2.45, 2.75) is 6.54 Å². The maximum atomic E-state index is 5.58. The molecule has 0 unspecified atom stereocenters. The van der Waals surface area contributed by atoms with Crippen molar-refractivity contribution in [1.29, 1.82) is 0 Å². The highest BCUT2D eigenvalue weighted by molar-refractivity contribution is 7.13. The Hall–Kier alpha value is -1.26. The molecule has 2 N–H and O–H groups in total. The standard InChI is InChI=1S/C9H9N3S/c10-4-7-5-11-6-12-9(7)8-2-1-3-13-8/h1-3,5-6H,4,10H2. The Morgan fingerprint density at radius 2 is 2.38 bits per heavy atom. The topological polar surface area (TPSA) is 51.8 Å². The second-order valence-corrected chi connectivity index (χ2v) is 3.53. The van der Waals surface area contributed by atoms with E-state index in [0.29, 0.717) is 6.54 Å². The van der Waals surface area contributed by atoms with Crippen molar-refractivity contribution in [1.82, 2.24) is 9.97 Å². The zero-order valence-corrected chi connectivity index (χ0v) is 7.79. The number of nitrogens with two attached hydrogens (primary N) is 1. The highest BCUT2D eigenvalue weighted by atomic mass is 32.1. The molecular formula is C9H9N3S. The lowest BCUT2D eigenvalue weighted by Gasteiger charge is -2.01. The quantitative estimate of drug-likeness (QED) is 0.785. The van der Waals surface area contributed by atoms with Gasteiger partial charge in [-0.25, -0.2) is 9.97 Å². The molecule has 0 saturated heterocycles. The molecule has 0 atom stereocenters. The van der Waals surface area contributed by atoms with E-state index in [1.54, 1.807) is 23.9 Å². The first-order valence-electron chi connectivity index (χ1n) is 3.94. The summed E-state index contributed by atoms with van der Waals surface area (Å²) in [5, 5.41) is 2.03. The lowest BCUT2D eigenvalue weighted by molar-refractivity contribution is 1.02. The largest absolute Gasteiger partial charge is 0.326 e. The number of aromatic nitrogens is 2. The van der Waals surface area contributed by atoms with E-state index >= 15 is 0 Å². The highest BCUT2D eigenvalue weighted by Crippen LogP contribution is 2.24. The first kappa shape index (κ1) is 8.34. The van der Waals surface area contributed by atoms with Gasteiger partial charge in [-0.3, -0.25) is 0 Å². The van der Waals surface area contributed by atoms with Gasteiger partial charge in [-0.05, 0) is 11.4 Å². The van der Waals surface area contributed by atoms with Gasteiger partial charge in [-0.1, -0.05) is 6.07 Å². The van der Waals surface area contributed by atoms with E-state index in [1.165, 1.54) is 0 Å². The predicted octanol–water partition coefficient (Wildman–Crippen LogP) is 1.66. The Morgan fingerprint density at radius 1 is 1.46 bits per heavy atom. The van der Waals surface area contributed by atoms with Crippen LogP contribution in [0.1, 0.15) is 5.56 Å². The van der Waals surface area contributed by atoms with Crippen LogP contribution in [0.4, 0.5) is 0 Å². The number of rotatable bonds is 2. The van der Waals surface area contributed by atoms with E-state index < -0.39 is 0 Å². The van der Waals surface area contributed by atoms with Crippen LogP contribution in [-0.4, -0.2) is 9.97 Å². The Morgan fingerprint density at radius 3 is 3.08 bits per heavy atom. The van der Waals surface area contributed by atoms with Gasteiger partial charge in [-0.15, -0.1) is 11.3 Å². The minimum atomic E-state index is 0.480. The maximum absolute atomic E-state index is 5.58. The predicted molar refractivity (Wildman–Crippen MR) is 53.2 cm³/mol. The Balaban J connectivity index is 2.51. The molecule has 13 heavy (non-hydrogen) atoms. The van der Waals surface area contributed by atoms with E-state index in [0.717, 1.165) is 16.1 Å². The fourth-order valence-electron chi connectivity index (χ4n) is 1.14. The molecule has 0 spiro atoms. The molecule has 66 valence electrons. The van der Waals surface area contributed by atoms with Crippen LogP contribution in [0, 0.1) is 0 Å². The second-order valence-electron chi connectivity index (χ2n) is 2.58. The summed E-state index contributed by atoms with van der Waals surface area (Å²) in [6.07, 6.45) is 3.32. The molecule has 2 heterocycles. The molecule has 0 amide bonds. The molecule has 0 aliphatic heterocycles. The summed E-state index contributed by atoms with van der Waals surface area (Å²) in [6.45, 7) is 0.480. The summed E-state index contributed by atoms with van der Waals surface area (Å²) >= 11 is 1.66. The fourth-order valence-corrected chi connectivity index (χ4v) is 1.90. The summed E-state index contributed by atoms with van der Waals surface area (Å²) in [5.74, 6) is 0. The zero-order chi connectivity index (χ0) is 9.10. The van der Waals surface area contributed by atoms with Crippen molar-refractivity contribution in [2.75, 3.05) is 0 Å². The Kier molecular flexibility index (Phi) is 2.33. The van der Waals surface area contributed by atoms with Gasteiger partial charge in [0, 0.05) is 18.3 Å². The average Bonchev–Trinajstić information content (AvgIpc) is 2.70. The van der Waals surface area contributed by atoms with Crippen LogP contribution < -0.4 is 5.73 Å². The third-order valence-corrected chi connectivity index (χ3v) is 2.64. The van der Waals surface area contributed by atoms with Crippen LogP contribution >= 0.6 is 11.3 Å². The molecule has 2 rings (SSSR count). The van der Waals surface area contributed by atoms with E-state index in [9.17, 15) is 0 Å². The fraction of sp³-hybridized carbons (Fsp3) is 0.111. The van der Waals surface area contributed by atoms with Crippen molar-refractivity contribution < 1.29 is 0 Å². The minimum absolute atomic E-state index is 0.480. The van der Waals surface area contributed by atoms with Crippen LogP contribution in [0.5, 0.6) is 0 Å². The summed E-state index contributed by atoms with van der Waals surface area (Å²) in [6, 6.07) is 4.04. The molecule has 0 fully saturated rings. The van der Waals surface area contributed by atoms with Crippen molar-refractivity contribution in [3.8, 4) is 10.6 Å². The molecular weight excluding hydrogens is 182 g/mol. The van der Waals surface area contributed by atoms with Crippen LogP contribution in [0.25, 0.3) is 10.6 Å². The minimum Gasteiger partial charge on any atom is -0.326 e. The van der Waals surface area contributed by atoms with Gasteiger partial charge in [0.1, 0.15) is 6.33 Å². The van der Waals surface area contributed by atoms with Crippen molar-refractivity contribution in [2.24, 2.45) is 5.73 Å². The SMILES string of the molecule is NCc1cncnc1-c1cccs1. The normalized spacial score (nSPS) is 10.2. The number of hydrogen-bond acceptors (Lipinski definition) is 4. The zero-order valence-electron chi connectivity index (χ0n) is 6.97. The molecule has 2 aromatic heterocycles. The van der Waals surface area contributed by atoms with Gasteiger partial charge in [0.25, 0.3) is 0 Å². The van der Waals surface area contributed by atoms with Crippen LogP contribution in [0.2, 0.25) is 0 Å². The van der Waals surface area contributed by atoms with Gasteiger partial charge in [-0.2, -0.15) is 0 Å². The molecule has 2 aromatic rings. The monoisotopic (exact) mass is 191 g/mol. The van der Waals surface area contributed by atoms with E-state index in [2.05, 4.69) is 9.97 Å². The third kappa shape index (κ3) is 1.59. The molecule has 0 aliphatic rings. The molecule has 0 bridgehead atoms. The van der Waals surface area contributed by atoms with Gasteiger partial charge in [0.2, 0.25) is 0 Å². The van der Waals surface area contributed by atoms with Crippen LogP contribution in [0.3, 0.4) is 0 Å². The molecule has 0 aliphatic carbocycles. The summed E-state index contributed by atoms with van der Waals surface area (Å²) in [5.41, 5.74) is 7.52. The van der Waals surface area contributed by atoms with E-state index in [1.807, 2.05) is 17.5 Å². The molecule has 0 saturated carbocycles.